The van der Waals surface area contributed by atoms with Crippen LogP contribution in [-0.4, -0.2) is 24.0 Å². The van der Waals surface area contributed by atoms with Crippen LogP contribution in [0.1, 0.15) is 26.3 Å². The molecule has 0 saturated carbocycles. The molecule has 28 heavy (non-hydrogen) atoms. The van der Waals surface area contributed by atoms with E-state index in [1.54, 1.807) is 48.5 Å². The van der Waals surface area contributed by atoms with E-state index in [1.807, 2.05) is 0 Å². The minimum absolute atomic E-state index is 0.273. The van der Waals surface area contributed by atoms with Crippen LogP contribution in [-0.2, 0) is 11.3 Å². The van der Waals surface area contributed by atoms with E-state index in [0.717, 1.165) is 5.56 Å². The van der Waals surface area contributed by atoms with E-state index < -0.39 is 5.97 Å². The zero-order chi connectivity index (χ0) is 19.9. The van der Waals surface area contributed by atoms with Gasteiger partial charge >= 0.3 is 5.97 Å². The summed E-state index contributed by atoms with van der Waals surface area (Å²) in [6.45, 7) is 0.273. The number of aromatic nitrogens is 1. The zero-order valence-corrected chi connectivity index (χ0v) is 15.1. The van der Waals surface area contributed by atoms with Gasteiger partial charge in [0.15, 0.2) is 0 Å². The van der Waals surface area contributed by atoms with Crippen molar-refractivity contribution in [2.45, 2.75) is 6.54 Å². The minimum Gasteiger partial charge on any atom is -0.465 e. The van der Waals surface area contributed by atoms with Crippen LogP contribution in [0, 0.1) is 5.82 Å². The van der Waals surface area contributed by atoms with Crippen LogP contribution in [0.2, 0.25) is 0 Å². The molecule has 1 heterocycles. The monoisotopic (exact) mass is 379 g/mol. The Hall–Kier alpha value is -3.74. The van der Waals surface area contributed by atoms with Gasteiger partial charge in [-0.2, -0.15) is 0 Å². The van der Waals surface area contributed by atoms with Gasteiger partial charge in [0.2, 0.25) is 0 Å². The van der Waals surface area contributed by atoms with Crippen LogP contribution in [0.4, 0.5) is 15.9 Å². The highest BCUT2D eigenvalue weighted by Crippen LogP contribution is 2.21. The lowest BCUT2D eigenvalue weighted by molar-refractivity contribution is 0.0601. The number of esters is 1. The largest absolute Gasteiger partial charge is 0.465 e. The lowest BCUT2D eigenvalue weighted by Gasteiger charge is -2.11. The molecular weight excluding hydrogens is 361 g/mol. The Morgan fingerprint density at radius 1 is 1.07 bits per heavy atom. The average molecular weight is 379 g/mol. The van der Waals surface area contributed by atoms with Crippen molar-refractivity contribution in [1.82, 2.24) is 10.3 Å². The van der Waals surface area contributed by atoms with Gasteiger partial charge in [-0.25, -0.2) is 14.2 Å². The van der Waals surface area contributed by atoms with Gasteiger partial charge in [0.25, 0.3) is 5.91 Å². The molecule has 0 fully saturated rings. The van der Waals surface area contributed by atoms with Crippen LogP contribution < -0.4 is 10.6 Å². The van der Waals surface area contributed by atoms with Gasteiger partial charge in [-0.1, -0.05) is 24.3 Å². The minimum atomic E-state index is -0.476. The third kappa shape index (κ3) is 4.70. The van der Waals surface area contributed by atoms with E-state index >= 15 is 0 Å². The third-order valence-corrected chi connectivity index (χ3v) is 3.98. The highest BCUT2D eigenvalue weighted by Gasteiger charge is 2.12. The molecule has 0 bridgehead atoms. The lowest BCUT2D eigenvalue weighted by Crippen LogP contribution is -2.23. The summed E-state index contributed by atoms with van der Waals surface area (Å²) < 4.78 is 17.7. The molecule has 2 N–H and O–H groups in total. The SMILES string of the molecule is COC(=O)c1ccccc1Nc1cc(C(=O)NCc2ccc(F)cc2)ccn1. The maximum absolute atomic E-state index is 12.9. The number of hydrogen-bond donors (Lipinski definition) is 2. The van der Waals surface area contributed by atoms with E-state index in [1.165, 1.54) is 25.4 Å². The van der Waals surface area contributed by atoms with E-state index in [9.17, 15) is 14.0 Å². The van der Waals surface area contributed by atoms with Crippen LogP contribution in [0.15, 0.2) is 66.9 Å². The lowest BCUT2D eigenvalue weighted by atomic mass is 10.1. The number of benzene rings is 2. The van der Waals surface area contributed by atoms with E-state index in [0.29, 0.717) is 22.6 Å². The Kier molecular flexibility index (Phi) is 5.96. The van der Waals surface area contributed by atoms with E-state index in [-0.39, 0.29) is 18.3 Å². The van der Waals surface area contributed by atoms with E-state index in [4.69, 9.17) is 4.74 Å². The number of halogens is 1. The molecule has 3 aromatic rings. The predicted octanol–water partition coefficient (Wildman–Crippen LogP) is 3.68. The summed E-state index contributed by atoms with van der Waals surface area (Å²) in [6, 6.07) is 15.9. The highest BCUT2D eigenvalue weighted by molar-refractivity contribution is 5.97. The molecular formula is C21H18FN3O3. The van der Waals surface area contributed by atoms with Gasteiger partial charge in [-0.05, 0) is 42.0 Å². The molecule has 142 valence electrons. The second-order valence-electron chi connectivity index (χ2n) is 5.90. The third-order valence-electron chi connectivity index (χ3n) is 3.98. The molecule has 1 aromatic heterocycles. The topological polar surface area (TPSA) is 80.3 Å². The number of carbonyl (C=O) groups excluding carboxylic acids is 2. The van der Waals surface area contributed by atoms with Crippen molar-refractivity contribution in [2.24, 2.45) is 0 Å². The number of pyridine rings is 1. The van der Waals surface area contributed by atoms with Crippen molar-refractivity contribution in [2.75, 3.05) is 12.4 Å². The van der Waals surface area contributed by atoms with Crippen LogP contribution in [0.25, 0.3) is 0 Å². The highest BCUT2D eigenvalue weighted by atomic mass is 19.1. The Morgan fingerprint density at radius 2 is 1.82 bits per heavy atom. The van der Waals surface area contributed by atoms with Gasteiger partial charge in [0, 0.05) is 18.3 Å². The zero-order valence-electron chi connectivity index (χ0n) is 15.1. The molecule has 0 radical (unpaired) electrons. The van der Waals surface area contributed by atoms with E-state index in [2.05, 4.69) is 15.6 Å². The average Bonchev–Trinajstić information content (AvgIpc) is 2.73. The van der Waals surface area contributed by atoms with Gasteiger partial charge in [-0.15, -0.1) is 0 Å². The first-order valence-electron chi connectivity index (χ1n) is 8.50. The quantitative estimate of drug-likeness (QED) is 0.639. The number of hydrogen-bond acceptors (Lipinski definition) is 5. The summed E-state index contributed by atoms with van der Waals surface area (Å²) in [6.07, 6.45) is 1.50. The molecule has 3 rings (SSSR count). The number of para-hydroxylation sites is 1. The van der Waals surface area contributed by atoms with Crippen LogP contribution >= 0.6 is 0 Å². The molecule has 2 aromatic carbocycles. The number of anilines is 2. The summed E-state index contributed by atoms with van der Waals surface area (Å²) in [5.74, 6) is -0.690. The Morgan fingerprint density at radius 3 is 2.57 bits per heavy atom. The number of amides is 1. The molecule has 7 heteroatoms. The number of ether oxygens (including phenoxy) is 1. The smallest absolute Gasteiger partial charge is 0.339 e. The fourth-order valence-electron chi connectivity index (χ4n) is 2.54. The van der Waals surface area contributed by atoms with Crippen molar-refractivity contribution in [3.05, 3.63) is 89.4 Å². The van der Waals surface area contributed by atoms with Crippen molar-refractivity contribution in [3.63, 3.8) is 0 Å². The summed E-state index contributed by atoms with van der Waals surface area (Å²) >= 11 is 0. The number of carbonyl (C=O) groups is 2. The molecule has 0 aliphatic carbocycles. The van der Waals surface area contributed by atoms with Gasteiger partial charge < -0.3 is 15.4 Å². The standard InChI is InChI=1S/C21H18FN3O3/c1-28-21(27)17-4-2-3-5-18(17)25-19-12-15(10-11-23-19)20(26)24-13-14-6-8-16(22)9-7-14/h2-12H,13H2,1H3,(H,23,25)(H,24,26). The molecule has 0 saturated heterocycles. The second kappa shape index (κ2) is 8.77. The summed E-state index contributed by atoms with van der Waals surface area (Å²) in [5, 5.41) is 5.80. The number of methoxy groups -OCH3 is 1. The van der Waals surface area contributed by atoms with Crippen molar-refractivity contribution >= 4 is 23.4 Å². The van der Waals surface area contributed by atoms with Crippen LogP contribution in [0.3, 0.4) is 0 Å². The normalized spacial score (nSPS) is 10.2. The molecule has 0 aliphatic rings. The van der Waals surface area contributed by atoms with Gasteiger partial charge in [0.1, 0.15) is 11.6 Å². The molecule has 0 unspecified atom stereocenters. The maximum Gasteiger partial charge on any atom is 0.339 e. The number of rotatable bonds is 6. The van der Waals surface area contributed by atoms with Crippen molar-refractivity contribution < 1.29 is 18.7 Å². The fraction of sp³-hybridized carbons (Fsp3) is 0.0952. The fourth-order valence-corrected chi connectivity index (χ4v) is 2.54. The Balaban J connectivity index is 1.71. The maximum atomic E-state index is 12.9. The van der Waals surface area contributed by atoms with Crippen LogP contribution in [0.5, 0.6) is 0 Å². The molecule has 0 aliphatic heterocycles. The Labute approximate surface area is 161 Å². The first kappa shape index (κ1) is 19.0. The van der Waals surface area contributed by atoms with Gasteiger partial charge in [-0.3, -0.25) is 4.79 Å². The first-order valence-corrected chi connectivity index (χ1v) is 8.50. The summed E-state index contributed by atoms with van der Waals surface area (Å²) in [4.78, 5) is 28.5. The summed E-state index contributed by atoms with van der Waals surface area (Å²) in [7, 11) is 1.31. The summed E-state index contributed by atoms with van der Waals surface area (Å²) in [5.41, 5.74) is 2.06. The number of nitrogens with one attached hydrogen (secondary N) is 2. The molecule has 0 spiro atoms. The number of nitrogens with zero attached hydrogens (tertiary/aromatic N) is 1. The first-order chi connectivity index (χ1) is 13.6. The second-order valence-corrected chi connectivity index (χ2v) is 5.90. The molecule has 1 amide bonds. The molecule has 0 atom stereocenters. The predicted molar refractivity (Wildman–Crippen MR) is 103 cm³/mol. The molecule has 6 nitrogen and oxygen atoms in total. The Bertz CT molecular complexity index is 990. The van der Waals surface area contributed by atoms with Gasteiger partial charge in [0.05, 0.1) is 18.4 Å². The van der Waals surface area contributed by atoms with Crippen molar-refractivity contribution in [3.8, 4) is 0 Å². The van der Waals surface area contributed by atoms with Crippen molar-refractivity contribution in [1.29, 1.82) is 0 Å².